The highest BCUT2D eigenvalue weighted by Crippen LogP contribution is 1.85. The second kappa shape index (κ2) is 15.7. The molecule has 0 aromatic carbocycles. The van der Waals surface area contributed by atoms with Gasteiger partial charge in [0, 0.05) is 0 Å². The van der Waals surface area contributed by atoms with Gasteiger partial charge in [-0.25, -0.2) is 0 Å². The van der Waals surface area contributed by atoms with Crippen LogP contribution >= 0.6 is 11.8 Å². The van der Waals surface area contributed by atoms with Crippen molar-refractivity contribution in [3.05, 3.63) is 0 Å². The van der Waals surface area contributed by atoms with Gasteiger partial charge < -0.3 is 10.9 Å². The summed E-state index contributed by atoms with van der Waals surface area (Å²) in [5.41, 5.74) is 0. The zero-order valence-corrected chi connectivity index (χ0v) is 6.73. The second-order valence-electron chi connectivity index (χ2n) is 1.19. The average Bonchev–Trinajstić information content (AvgIpc) is 1.66. The molecule has 0 saturated heterocycles. The number of hydrogen-bond donors (Lipinski definition) is 1. The number of carbonyl (C=O) groups is 1. The van der Waals surface area contributed by atoms with Crippen LogP contribution in [-0.2, 0) is 4.79 Å². The van der Waals surface area contributed by atoms with E-state index in [1.807, 2.05) is 0 Å². The molecule has 0 amide bonds. The van der Waals surface area contributed by atoms with E-state index in [-0.39, 0.29) is 11.9 Å². The summed E-state index contributed by atoms with van der Waals surface area (Å²) < 4.78 is 0. The molecule has 0 aliphatic rings. The highest BCUT2D eigenvalue weighted by Gasteiger charge is 1.63. The van der Waals surface area contributed by atoms with E-state index in [1.165, 1.54) is 13.8 Å². The molecular weight excluding hydrogens is 150 g/mol. The molecule has 0 aromatic heterocycles. The smallest absolute Gasteiger partial charge is 0.149 e. The first kappa shape index (κ1) is 16.0. The van der Waals surface area contributed by atoms with E-state index in [0.29, 0.717) is 11.8 Å². The Morgan fingerprint density at radius 3 is 1.50 bits per heavy atom. The molecular formula is C5H9N3OS. The number of ketones is 1. The van der Waals surface area contributed by atoms with Crippen molar-refractivity contribution in [1.82, 2.24) is 6.15 Å². The van der Waals surface area contributed by atoms with Gasteiger partial charge in [-0.2, -0.15) is 10.5 Å². The lowest BCUT2D eigenvalue weighted by Gasteiger charge is -1.56. The van der Waals surface area contributed by atoms with Crippen molar-refractivity contribution in [3.63, 3.8) is 0 Å². The van der Waals surface area contributed by atoms with Gasteiger partial charge in [-0.1, -0.05) is 0 Å². The van der Waals surface area contributed by atoms with Gasteiger partial charge in [-0.15, -0.1) is 0 Å². The number of rotatable bonds is 0. The van der Waals surface area contributed by atoms with Gasteiger partial charge in [-0.3, -0.25) is 0 Å². The quantitative estimate of drug-likeness (QED) is 0.539. The minimum absolute atomic E-state index is 0. The van der Waals surface area contributed by atoms with Crippen LogP contribution < -0.4 is 6.15 Å². The number of nitriles is 2. The van der Waals surface area contributed by atoms with Gasteiger partial charge in [0.05, 0.1) is 11.8 Å². The third kappa shape index (κ3) is 268. The lowest BCUT2D eigenvalue weighted by molar-refractivity contribution is -0.114. The van der Waals surface area contributed by atoms with Gasteiger partial charge in [-0.05, 0) is 13.8 Å². The fourth-order valence-electron chi connectivity index (χ4n) is 0.0204. The number of thioether (sulfide) groups is 1. The van der Waals surface area contributed by atoms with Crippen molar-refractivity contribution in [1.29, 1.82) is 10.5 Å². The molecule has 0 fully saturated rings. The first-order chi connectivity index (χ1) is 4.15. The predicted molar refractivity (Wildman–Crippen MR) is 40.2 cm³/mol. The fourth-order valence-corrected chi connectivity index (χ4v) is 0.0612. The van der Waals surface area contributed by atoms with Gasteiger partial charge >= 0.3 is 0 Å². The number of hydrogen-bond acceptors (Lipinski definition) is 5. The van der Waals surface area contributed by atoms with Crippen LogP contribution in [-0.4, -0.2) is 5.78 Å². The summed E-state index contributed by atoms with van der Waals surface area (Å²) in [5, 5.41) is 18.3. The lowest BCUT2D eigenvalue weighted by atomic mass is 10.6. The summed E-state index contributed by atoms with van der Waals surface area (Å²) in [6, 6.07) is 0. The molecule has 3 N–H and O–H groups in total. The van der Waals surface area contributed by atoms with Crippen molar-refractivity contribution in [2.75, 3.05) is 0 Å². The van der Waals surface area contributed by atoms with E-state index in [9.17, 15) is 4.79 Å². The van der Waals surface area contributed by atoms with Gasteiger partial charge in [0.15, 0.2) is 0 Å². The molecule has 0 aromatic rings. The first-order valence-electron chi connectivity index (χ1n) is 2.06. The molecule has 0 aliphatic carbocycles. The van der Waals surface area contributed by atoms with Crippen molar-refractivity contribution in [2.45, 2.75) is 13.8 Å². The molecule has 0 atom stereocenters. The first-order valence-corrected chi connectivity index (χ1v) is 2.88. The van der Waals surface area contributed by atoms with Gasteiger partial charge in [0.1, 0.15) is 16.6 Å². The summed E-state index contributed by atoms with van der Waals surface area (Å²) >= 11 is 0.574. The Morgan fingerprint density at radius 1 is 1.30 bits per heavy atom. The van der Waals surface area contributed by atoms with Crippen LogP contribution in [0.2, 0.25) is 0 Å². The maximum absolute atomic E-state index is 9.44. The topological polar surface area (TPSA) is 99.7 Å². The van der Waals surface area contributed by atoms with Crippen LogP contribution in [0.5, 0.6) is 0 Å². The highest BCUT2D eigenvalue weighted by molar-refractivity contribution is 8.07. The third-order valence-corrected chi connectivity index (χ3v) is 0.274. The van der Waals surface area contributed by atoms with Gasteiger partial charge in [0.2, 0.25) is 0 Å². The molecule has 0 unspecified atom stereocenters. The molecule has 5 heteroatoms. The normalized spacial score (nSPS) is 4.80. The second-order valence-corrected chi connectivity index (χ2v) is 1.76. The van der Waals surface area contributed by atoms with E-state index in [0.717, 1.165) is 0 Å². The zero-order chi connectivity index (χ0) is 7.70. The predicted octanol–water partition coefficient (Wildman–Crippen LogP) is 1.44. The van der Waals surface area contributed by atoms with Gasteiger partial charge in [0.25, 0.3) is 0 Å². The summed E-state index contributed by atoms with van der Waals surface area (Å²) in [6.07, 6.45) is 0. The van der Waals surface area contributed by atoms with Crippen LogP contribution in [0.4, 0.5) is 0 Å². The highest BCUT2D eigenvalue weighted by atomic mass is 32.2. The van der Waals surface area contributed by atoms with Crippen LogP contribution in [0.3, 0.4) is 0 Å². The van der Waals surface area contributed by atoms with Crippen molar-refractivity contribution < 1.29 is 4.79 Å². The van der Waals surface area contributed by atoms with E-state index < -0.39 is 0 Å². The summed E-state index contributed by atoms with van der Waals surface area (Å²) in [7, 11) is 0. The maximum atomic E-state index is 9.44. The Morgan fingerprint density at radius 2 is 1.50 bits per heavy atom. The third-order valence-electron chi connectivity index (χ3n) is 0.0913. The van der Waals surface area contributed by atoms with E-state index >= 15 is 0 Å². The molecule has 0 aliphatic heterocycles. The molecule has 10 heavy (non-hydrogen) atoms. The molecule has 56 valence electrons. The Balaban J connectivity index is -0.0000000910. The Kier molecular flexibility index (Phi) is 25.1. The lowest BCUT2D eigenvalue weighted by Crippen LogP contribution is -1.69. The number of thiocyanates is 2. The molecule has 0 spiro atoms. The van der Waals surface area contributed by atoms with E-state index in [4.69, 9.17) is 10.5 Å². The SMILES string of the molecule is CC(C)=O.N.N#CSC#N. The largest absolute Gasteiger partial charge is 0.344 e. The molecule has 0 bridgehead atoms. The Labute approximate surface area is 64.4 Å². The zero-order valence-electron chi connectivity index (χ0n) is 5.92. The molecule has 0 radical (unpaired) electrons. The van der Waals surface area contributed by atoms with Crippen molar-refractivity contribution in [3.8, 4) is 10.8 Å². The molecule has 4 nitrogen and oxygen atoms in total. The van der Waals surface area contributed by atoms with Crippen LogP contribution in [0.25, 0.3) is 0 Å². The maximum Gasteiger partial charge on any atom is 0.149 e. The minimum atomic E-state index is 0. The Hall–Kier alpha value is -1.04. The van der Waals surface area contributed by atoms with Crippen LogP contribution in [0.1, 0.15) is 13.8 Å². The number of carbonyl (C=O) groups excluding carboxylic acids is 1. The number of Topliss-reactive ketones (excluding diaryl/α,β-unsaturated/α-hetero) is 1. The standard InChI is InChI=1S/C3H6O.C2N2S.H3N/c1-3(2)4;3-1-5-2-4;/h1-2H3;;1H3. The van der Waals surface area contributed by atoms with Crippen molar-refractivity contribution in [2.24, 2.45) is 0 Å². The summed E-state index contributed by atoms with van der Waals surface area (Å²) in [6.45, 7) is 3.06. The fraction of sp³-hybridized carbons (Fsp3) is 0.400. The number of nitrogens with zero attached hydrogens (tertiary/aromatic N) is 2. The molecule has 0 saturated carbocycles. The summed E-state index contributed by atoms with van der Waals surface area (Å²) in [4.78, 5) is 9.44. The van der Waals surface area contributed by atoms with E-state index in [2.05, 4.69) is 0 Å². The minimum Gasteiger partial charge on any atom is -0.344 e. The van der Waals surface area contributed by atoms with Crippen LogP contribution in [0.15, 0.2) is 0 Å². The summed E-state index contributed by atoms with van der Waals surface area (Å²) in [5.74, 6) is 0.167. The molecule has 0 rings (SSSR count). The monoisotopic (exact) mass is 159 g/mol. The van der Waals surface area contributed by atoms with E-state index in [1.54, 1.807) is 10.8 Å². The molecule has 0 heterocycles. The van der Waals surface area contributed by atoms with Crippen molar-refractivity contribution >= 4 is 17.5 Å². The Bertz CT molecular complexity index is 139. The average molecular weight is 159 g/mol. The van der Waals surface area contributed by atoms with Crippen LogP contribution in [0, 0.1) is 21.3 Å².